The number of amides is 4. The summed E-state index contributed by atoms with van der Waals surface area (Å²) in [6, 6.07) is 5.95. The maximum Gasteiger partial charge on any atom is 0.280 e. The molecule has 0 saturated carbocycles. The number of carbonyl (C=O) groups is 4. The highest BCUT2D eigenvalue weighted by molar-refractivity contribution is 6.48. The molecule has 2 saturated heterocycles. The van der Waals surface area contributed by atoms with Crippen molar-refractivity contribution in [1.82, 2.24) is 30.4 Å². The number of aromatic nitrogens is 2. The predicted molar refractivity (Wildman–Crippen MR) is 201 cm³/mol. The molecular weight excluding hydrogens is 731 g/mol. The lowest BCUT2D eigenvalue weighted by Crippen LogP contribution is -2.44. The lowest BCUT2D eigenvalue weighted by atomic mass is 10.0. The van der Waals surface area contributed by atoms with Gasteiger partial charge in [0, 0.05) is 37.3 Å². The second-order valence-electron chi connectivity index (χ2n) is 11.9. The van der Waals surface area contributed by atoms with Gasteiger partial charge in [0.15, 0.2) is 45.3 Å². The minimum Gasteiger partial charge on any atom is -0.397 e. The van der Waals surface area contributed by atoms with E-state index in [1.54, 1.807) is 34.1 Å². The van der Waals surface area contributed by atoms with Crippen molar-refractivity contribution < 1.29 is 19.2 Å². The van der Waals surface area contributed by atoms with Gasteiger partial charge >= 0.3 is 0 Å². The number of hydrogen-bond donors (Lipinski definition) is 9. The van der Waals surface area contributed by atoms with Gasteiger partial charge in [-0.15, -0.1) is 0 Å². The van der Waals surface area contributed by atoms with E-state index < -0.39 is 11.8 Å². The standard InChI is InChI=1S/C31H40Cl2N16O4/c1-14(34)19(43-21(32)23(35)36)26(50)46-30(39)41-17-6-10-48(11-7-17)28(52)15-2-4-16(5-3-15)29(53)49-12-8-18(9-13-49)42-31(40)47-27(51)20-24(37)45-25(38)22(33)44-20/h2-5,17-18H,1,6-13,34-36H2,(H4,37,38,45)(H3,39,41,46,50)(H3,40,42,47,51). The Morgan fingerprint density at radius 1 is 0.755 bits per heavy atom. The first-order valence-corrected chi connectivity index (χ1v) is 16.8. The third-order valence-corrected chi connectivity index (χ3v) is 8.68. The van der Waals surface area contributed by atoms with Gasteiger partial charge in [-0.1, -0.05) is 29.8 Å². The SMILES string of the molecule is C=C(N)C(=NC(Cl)=C(N)N)C(=O)NC(N)=NC1CCN(C(=O)c2ccc(C(=O)N3CCC(N=C(N)NC(=O)c4nc(Cl)c(N)nc4N)CC3)cc2)CC1. The van der Waals surface area contributed by atoms with E-state index in [9.17, 15) is 19.2 Å². The number of aliphatic imine (C=N–C) groups is 3. The van der Waals surface area contributed by atoms with Crippen molar-refractivity contribution >= 4 is 76.1 Å². The van der Waals surface area contributed by atoms with Crippen LogP contribution in [0, 0.1) is 0 Å². The number of guanidine groups is 2. The molecule has 1 aromatic heterocycles. The molecule has 0 radical (unpaired) electrons. The Hall–Kier alpha value is -6.15. The highest BCUT2D eigenvalue weighted by atomic mass is 35.5. The summed E-state index contributed by atoms with van der Waals surface area (Å²) in [5.74, 6) is -2.90. The summed E-state index contributed by atoms with van der Waals surface area (Å²) in [5.41, 5.74) is 39.6. The van der Waals surface area contributed by atoms with Gasteiger partial charge in [-0.05, 0) is 49.9 Å². The van der Waals surface area contributed by atoms with Gasteiger partial charge in [-0.3, -0.25) is 29.8 Å². The van der Waals surface area contributed by atoms with Gasteiger partial charge in [0.05, 0.1) is 17.8 Å². The molecule has 2 aliphatic heterocycles. The van der Waals surface area contributed by atoms with Crippen LogP contribution in [0.25, 0.3) is 0 Å². The summed E-state index contributed by atoms with van der Waals surface area (Å²) in [4.78, 5) is 75.0. The summed E-state index contributed by atoms with van der Waals surface area (Å²) in [7, 11) is 0. The second-order valence-corrected chi connectivity index (χ2v) is 12.6. The van der Waals surface area contributed by atoms with Crippen LogP contribution in [-0.4, -0.2) is 99.3 Å². The van der Waals surface area contributed by atoms with Crippen LogP contribution in [-0.2, 0) is 4.79 Å². The average molecular weight is 772 g/mol. The van der Waals surface area contributed by atoms with Crippen molar-refractivity contribution in [3.8, 4) is 0 Å². The number of halogens is 2. The number of nitrogens with two attached hydrogens (primary N) is 7. The molecule has 22 heteroatoms. The monoisotopic (exact) mass is 770 g/mol. The molecular formula is C31H40Cl2N16O4. The van der Waals surface area contributed by atoms with Crippen molar-refractivity contribution in [1.29, 1.82) is 0 Å². The summed E-state index contributed by atoms with van der Waals surface area (Å²) in [6.07, 6.45) is 1.98. The number of piperidine rings is 2. The summed E-state index contributed by atoms with van der Waals surface area (Å²) in [6.45, 7) is 5.07. The van der Waals surface area contributed by atoms with Crippen molar-refractivity contribution in [3.63, 3.8) is 0 Å². The largest absolute Gasteiger partial charge is 0.397 e. The first-order valence-electron chi connectivity index (χ1n) is 16.0. The molecule has 20 nitrogen and oxygen atoms in total. The molecule has 53 heavy (non-hydrogen) atoms. The molecule has 0 unspecified atom stereocenters. The molecule has 2 aromatic rings. The Balaban J connectivity index is 1.25. The van der Waals surface area contributed by atoms with E-state index in [1.807, 2.05) is 0 Å². The fourth-order valence-corrected chi connectivity index (χ4v) is 5.58. The number of benzene rings is 1. The number of nitrogens with zero attached hydrogens (tertiary/aromatic N) is 7. The number of likely N-dealkylation sites (tertiary alicyclic amines) is 2. The Kier molecular flexibility index (Phi) is 13.0. The molecule has 4 amide bonds. The van der Waals surface area contributed by atoms with Crippen LogP contribution in [0.5, 0.6) is 0 Å². The first-order chi connectivity index (χ1) is 25.0. The highest BCUT2D eigenvalue weighted by Gasteiger charge is 2.27. The van der Waals surface area contributed by atoms with Crippen LogP contribution in [0.3, 0.4) is 0 Å². The summed E-state index contributed by atoms with van der Waals surface area (Å²) in [5, 5.41) is 4.28. The zero-order valence-corrected chi connectivity index (χ0v) is 29.9. The maximum absolute atomic E-state index is 13.2. The van der Waals surface area contributed by atoms with Crippen molar-refractivity contribution in [2.45, 2.75) is 37.8 Å². The first kappa shape index (κ1) is 39.6. The normalized spacial score (nSPS) is 16.2. The molecule has 3 heterocycles. The predicted octanol–water partition coefficient (Wildman–Crippen LogP) is -1.12. The summed E-state index contributed by atoms with van der Waals surface area (Å²) >= 11 is 11.6. The van der Waals surface area contributed by atoms with E-state index in [0.29, 0.717) is 63.0 Å². The third kappa shape index (κ3) is 10.5. The Morgan fingerprint density at radius 2 is 1.21 bits per heavy atom. The molecule has 4 rings (SSSR count). The molecule has 2 aliphatic rings. The molecule has 0 spiro atoms. The fourth-order valence-electron chi connectivity index (χ4n) is 5.37. The number of rotatable bonds is 8. The number of anilines is 2. The van der Waals surface area contributed by atoms with Crippen LogP contribution in [0.1, 0.15) is 56.9 Å². The van der Waals surface area contributed by atoms with Crippen LogP contribution in [0.15, 0.2) is 62.5 Å². The van der Waals surface area contributed by atoms with Gasteiger partial charge in [0.25, 0.3) is 23.6 Å². The van der Waals surface area contributed by atoms with Gasteiger partial charge < -0.3 is 49.9 Å². The van der Waals surface area contributed by atoms with Gasteiger partial charge in [0.2, 0.25) is 0 Å². The second kappa shape index (κ2) is 17.4. The Bertz CT molecular complexity index is 1890. The smallest absolute Gasteiger partial charge is 0.280 e. The van der Waals surface area contributed by atoms with E-state index in [0.717, 1.165) is 0 Å². The number of nitrogen functional groups attached to an aromatic ring is 2. The third-order valence-electron chi connectivity index (χ3n) is 8.10. The lowest BCUT2D eigenvalue weighted by Gasteiger charge is -2.31. The molecule has 282 valence electrons. The molecule has 2 fully saturated rings. The van der Waals surface area contributed by atoms with E-state index in [4.69, 9.17) is 63.3 Å². The maximum atomic E-state index is 13.2. The molecule has 0 atom stereocenters. The van der Waals surface area contributed by atoms with E-state index in [-0.39, 0.29) is 80.7 Å². The van der Waals surface area contributed by atoms with Crippen molar-refractivity contribution in [2.24, 2.45) is 43.6 Å². The van der Waals surface area contributed by atoms with E-state index in [1.165, 1.54) is 0 Å². The van der Waals surface area contributed by atoms with Crippen LogP contribution in [0.2, 0.25) is 5.15 Å². The molecule has 0 bridgehead atoms. The topological polar surface area (TPSA) is 344 Å². The summed E-state index contributed by atoms with van der Waals surface area (Å²) < 4.78 is 0. The minimum absolute atomic E-state index is 0.111. The van der Waals surface area contributed by atoms with Gasteiger partial charge in [-0.25, -0.2) is 24.9 Å². The minimum atomic E-state index is -0.806. The Labute approximate surface area is 313 Å². The quantitative estimate of drug-likeness (QED) is 0.0873. The van der Waals surface area contributed by atoms with Crippen LogP contribution < -0.4 is 50.8 Å². The lowest BCUT2D eigenvalue weighted by molar-refractivity contribution is -0.113. The number of hydrogen-bond acceptors (Lipinski definition) is 14. The van der Waals surface area contributed by atoms with Gasteiger partial charge in [-0.2, -0.15) is 0 Å². The number of nitrogens with one attached hydrogen (secondary N) is 2. The van der Waals surface area contributed by atoms with Crippen molar-refractivity contribution in [2.75, 3.05) is 37.6 Å². The van der Waals surface area contributed by atoms with Gasteiger partial charge in [0.1, 0.15) is 5.82 Å². The highest BCUT2D eigenvalue weighted by Crippen LogP contribution is 2.20. The van der Waals surface area contributed by atoms with E-state index in [2.05, 4.69) is 42.2 Å². The van der Waals surface area contributed by atoms with Crippen LogP contribution in [0.4, 0.5) is 11.6 Å². The van der Waals surface area contributed by atoms with Crippen molar-refractivity contribution in [3.05, 3.63) is 69.5 Å². The molecule has 1 aromatic carbocycles. The zero-order valence-electron chi connectivity index (χ0n) is 28.4. The van der Waals surface area contributed by atoms with E-state index >= 15 is 0 Å². The number of carbonyl (C=O) groups excluding carboxylic acids is 4. The zero-order chi connectivity index (χ0) is 39.0. The average Bonchev–Trinajstić information content (AvgIpc) is 3.11. The molecule has 0 aliphatic carbocycles. The van der Waals surface area contributed by atoms with Crippen LogP contribution >= 0.6 is 23.2 Å². The Morgan fingerprint density at radius 3 is 1.64 bits per heavy atom. The fraction of sp³-hybridized carbons (Fsp3) is 0.323. The molecule has 16 N–H and O–H groups in total.